The maximum Gasteiger partial charge on any atom is 0.319 e. The Morgan fingerprint density at radius 3 is 2.00 bits per heavy atom. The Morgan fingerprint density at radius 1 is 1.00 bits per heavy atom. The monoisotopic (exact) mass is 271 g/mol. The Balaban J connectivity index is 3.56. The van der Waals surface area contributed by atoms with Crippen LogP contribution in [-0.4, -0.2) is 37.1 Å². The molecule has 0 amide bonds. The Labute approximate surface area is 119 Å². The number of hydrogen-bond donors (Lipinski definition) is 0. The fourth-order valence-corrected chi connectivity index (χ4v) is 2.20. The first-order chi connectivity index (χ1) is 9.11. The van der Waals surface area contributed by atoms with Gasteiger partial charge in [-0.2, -0.15) is 0 Å². The summed E-state index contributed by atoms with van der Waals surface area (Å²) in [6.07, 6.45) is 10.6. The van der Waals surface area contributed by atoms with Crippen molar-refractivity contribution in [3.8, 4) is 0 Å². The zero-order chi connectivity index (χ0) is 14.5. The van der Waals surface area contributed by atoms with Crippen molar-refractivity contribution in [1.82, 2.24) is 4.90 Å². The summed E-state index contributed by atoms with van der Waals surface area (Å²) in [6.45, 7) is 7.94. The zero-order valence-electron chi connectivity index (χ0n) is 13.4. The molecular formula is C16H33NO2. The molecule has 0 N–H and O–H groups in total. The topological polar surface area (TPSA) is 29.5 Å². The molecule has 0 aromatic heterocycles. The fraction of sp³-hybridized carbons (Fsp3) is 0.938. The highest BCUT2D eigenvalue weighted by molar-refractivity contribution is 5.71. The van der Waals surface area contributed by atoms with Gasteiger partial charge in [-0.05, 0) is 26.8 Å². The van der Waals surface area contributed by atoms with Crippen molar-refractivity contribution >= 4 is 5.97 Å². The number of hydrogen-bond acceptors (Lipinski definition) is 3. The largest absolute Gasteiger partial charge is 0.468 e. The molecule has 0 atom stereocenters. The van der Waals surface area contributed by atoms with Crippen molar-refractivity contribution in [3.05, 3.63) is 0 Å². The van der Waals surface area contributed by atoms with Crippen molar-refractivity contribution in [2.75, 3.05) is 20.2 Å². The van der Waals surface area contributed by atoms with Gasteiger partial charge in [0.2, 0.25) is 0 Å². The molecule has 0 aliphatic rings. The molecule has 0 saturated carbocycles. The van der Waals surface area contributed by atoms with Gasteiger partial charge in [0.05, 0.1) is 13.7 Å². The second-order valence-corrected chi connectivity index (χ2v) is 5.62. The Bertz CT molecular complexity index is 217. The van der Waals surface area contributed by atoms with Gasteiger partial charge in [0.15, 0.2) is 0 Å². The first-order valence-corrected chi connectivity index (χ1v) is 7.92. The van der Waals surface area contributed by atoms with E-state index in [1.54, 1.807) is 0 Å². The van der Waals surface area contributed by atoms with Gasteiger partial charge in [0.1, 0.15) is 0 Å². The molecule has 0 heterocycles. The molecule has 3 nitrogen and oxygen atoms in total. The highest BCUT2D eigenvalue weighted by atomic mass is 16.5. The number of rotatable bonds is 12. The average molecular weight is 271 g/mol. The minimum Gasteiger partial charge on any atom is -0.468 e. The smallest absolute Gasteiger partial charge is 0.319 e. The molecule has 0 rings (SSSR count). The number of esters is 1. The minimum absolute atomic E-state index is 0.131. The van der Waals surface area contributed by atoms with Gasteiger partial charge >= 0.3 is 5.97 Å². The van der Waals surface area contributed by atoms with Crippen LogP contribution in [0.2, 0.25) is 0 Å². The van der Waals surface area contributed by atoms with Crippen LogP contribution < -0.4 is 0 Å². The van der Waals surface area contributed by atoms with Crippen LogP contribution in [0.5, 0.6) is 0 Å². The van der Waals surface area contributed by atoms with Crippen molar-refractivity contribution in [3.63, 3.8) is 0 Å². The van der Waals surface area contributed by atoms with E-state index in [1.807, 2.05) is 0 Å². The molecule has 0 unspecified atom stereocenters. The molecule has 0 fully saturated rings. The Morgan fingerprint density at radius 2 is 1.53 bits per heavy atom. The van der Waals surface area contributed by atoms with Crippen LogP contribution in [-0.2, 0) is 9.53 Å². The number of carbonyl (C=O) groups excluding carboxylic acids is 1. The van der Waals surface area contributed by atoms with E-state index < -0.39 is 0 Å². The molecule has 0 bridgehead atoms. The van der Waals surface area contributed by atoms with Gasteiger partial charge in [-0.15, -0.1) is 0 Å². The summed E-state index contributed by atoms with van der Waals surface area (Å²) in [5, 5.41) is 0. The minimum atomic E-state index is -0.131. The Hall–Kier alpha value is -0.570. The number of methoxy groups -OCH3 is 1. The molecule has 0 spiro atoms. The highest BCUT2D eigenvalue weighted by Crippen LogP contribution is 2.09. The molecule has 114 valence electrons. The third-order valence-electron chi connectivity index (χ3n) is 3.59. The van der Waals surface area contributed by atoms with Crippen LogP contribution in [0, 0.1) is 0 Å². The second kappa shape index (κ2) is 12.5. The van der Waals surface area contributed by atoms with Crippen molar-refractivity contribution < 1.29 is 9.53 Å². The predicted molar refractivity (Wildman–Crippen MR) is 81.3 cm³/mol. The first kappa shape index (κ1) is 18.4. The van der Waals surface area contributed by atoms with Crippen LogP contribution >= 0.6 is 0 Å². The second-order valence-electron chi connectivity index (χ2n) is 5.62. The fourth-order valence-electron chi connectivity index (χ4n) is 2.20. The average Bonchev–Trinajstić information content (AvgIpc) is 2.39. The van der Waals surface area contributed by atoms with Gasteiger partial charge in [-0.3, -0.25) is 9.69 Å². The lowest BCUT2D eigenvalue weighted by Crippen LogP contribution is -2.36. The van der Waals surface area contributed by atoms with E-state index in [0.717, 1.165) is 6.54 Å². The van der Waals surface area contributed by atoms with Crippen LogP contribution in [0.25, 0.3) is 0 Å². The van der Waals surface area contributed by atoms with E-state index in [0.29, 0.717) is 12.6 Å². The maximum atomic E-state index is 11.3. The van der Waals surface area contributed by atoms with Crippen LogP contribution in [0.3, 0.4) is 0 Å². The van der Waals surface area contributed by atoms with Crippen LogP contribution in [0.1, 0.15) is 72.1 Å². The molecule has 0 aromatic carbocycles. The molecule has 0 aliphatic heterocycles. The van der Waals surface area contributed by atoms with Crippen molar-refractivity contribution in [2.45, 2.75) is 78.2 Å². The first-order valence-electron chi connectivity index (χ1n) is 7.92. The van der Waals surface area contributed by atoms with E-state index in [9.17, 15) is 4.79 Å². The Kier molecular flexibility index (Phi) is 12.1. The van der Waals surface area contributed by atoms with Gasteiger partial charge in [0.25, 0.3) is 0 Å². The van der Waals surface area contributed by atoms with Crippen molar-refractivity contribution in [2.24, 2.45) is 0 Å². The zero-order valence-corrected chi connectivity index (χ0v) is 13.4. The third-order valence-corrected chi connectivity index (χ3v) is 3.59. The lowest BCUT2D eigenvalue weighted by atomic mass is 10.1. The van der Waals surface area contributed by atoms with Crippen LogP contribution in [0.15, 0.2) is 0 Å². The molecule has 0 radical (unpaired) electrons. The lowest BCUT2D eigenvalue weighted by Gasteiger charge is -2.24. The molecule has 0 saturated heterocycles. The highest BCUT2D eigenvalue weighted by Gasteiger charge is 2.13. The molecule has 0 aliphatic carbocycles. The number of ether oxygens (including phenoxy) is 1. The van der Waals surface area contributed by atoms with E-state index >= 15 is 0 Å². The summed E-state index contributed by atoms with van der Waals surface area (Å²) < 4.78 is 4.73. The maximum absolute atomic E-state index is 11.3. The van der Waals surface area contributed by atoms with Gasteiger partial charge in [-0.25, -0.2) is 0 Å². The summed E-state index contributed by atoms with van der Waals surface area (Å²) in [6, 6.07) is 0.406. The molecule has 0 aromatic rings. The summed E-state index contributed by atoms with van der Waals surface area (Å²) in [4.78, 5) is 13.5. The van der Waals surface area contributed by atoms with E-state index in [4.69, 9.17) is 4.74 Å². The molecule has 3 heteroatoms. The van der Waals surface area contributed by atoms with E-state index in [1.165, 1.54) is 58.5 Å². The summed E-state index contributed by atoms with van der Waals surface area (Å²) in [5.74, 6) is -0.131. The standard InChI is InChI=1S/C16H33NO2/c1-5-6-7-8-9-10-11-12-13-17(15(2)3)14-16(18)19-4/h15H,5-14H2,1-4H3. The SMILES string of the molecule is CCCCCCCCCCN(CC(=O)OC)C(C)C. The molecular weight excluding hydrogens is 238 g/mol. The summed E-state index contributed by atoms with van der Waals surface area (Å²) in [7, 11) is 1.46. The lowest BCUT2D eigenvalue weighted by molar-refractivity contribution is -0.142. The number of nitrogens with zero attached hydrogens (tertiary/aromatic N) is 1. The number of unbranched alkanes of at least 4 members (excludes halogenated alkanes) is 7. The molecule has 19 heavy (non-hydrogen) atoms. The van der Waals surface area contributed by atoms with E-state index in [2.05, 4.69) is 25.7 Å². The summed E-state index contributed by atoms with van der Waals surface area (Å²) in [5.41, 5.74) is 0. The van der Waals surface area contributed by atoms with Crippen LogP contribution in [0.4, 0.5) is 0 Å². The van der Waals surface area contributed by atoms with Gasteiger partial charge < -0.3 is 4.74 Å². The quantitative estimate of drug-likeness (QED) is 0.397. The van der Waals surface area contributed by atoms with Gasteiger partial charge in [-0.1, -0.05) is 51.9 Å². The normalized spacial score (nSPS) is 11.3. The van der Waals surface area contributed by atoms with Gasteiger partial charge in [0, 0.05) is 6.04 Å². The van der Waals surface area contributed by atoms with E-state index in [-0.39, 0.29) is 5.97 Å². The van der Waals surface area contributed by atoms with Crippen molar-refractivity contribution in [1.29, 1.82) is 0 Å². The summed E-state index contributed by atoms with van der Waals surface area (Å²) >= 11 is 0. The number of carbonyl (C=O) groups is 1. The predicted octanol–water partition coefficient (Wildman–Crippen LogP) is 4.01. The third kappa shape index (κ3) is 11.0.